The average molecular weight is 394 g/mol. The Morgan fingerprint density at radius 2 is 1.66 bits per heavy atom. The first-order chi connectivity index (χ1) is 14.3. The van der Waals surface area contributed by atoms with Gasteiger partial charge in [0.15, 0.2) is 0 Å². The van der Waals surface area contributed by atoms with E-state index in [1.54, 1.807) is 6.08 Å². The smallest absolute Gasteiger partial charge is 0.0908 e. The molecule has 0 spiro atoms. The molecule has 0 bridgehead atoms. The molecule has 0 saturated heterocycles. The summed E-state index contributed by atoms with van der Waals surface area (Å²) in [6.07, 6.45) is 19.2. The minimum absolute atomic E-state index is 0.486. The van der Waals surface area contributed by atoms with Gasteiger partial charge in [0.25, 0.3) is 0 Å². The van der Waals surface area contributed by atoms with E-state index in [1.807, 2.05) is 6.08 Å². The summed E-state index contributed by atoms with van der Waals surface area (Å²) < 4.78 is 6.36. The van der Waals surface area contributed by atoms with Gasteiger partial charge in [-0.1, -0.05) is 56.5 Å². The van der Waals surface area contributed by atoms with Crippen LogP contribution >= 0.6 is 0 Å². The highest BCUT2D eigenvalue weighted by Crippen LogP contribution is 2.36. The van der Waals surface area contributed by atoms with Crippen LogP contribution in [0.2, 0.25) is 0 Å². The molecule has 29 heavy (non-hydrogen) atoms. The zero-order chi connectivity index (χ0) is 20.3. The molecule has 158 valence electrons. The van der Waals surface area contributed by atoms with E-state index in [0.29, 0.717) is 6.10 Å². The standard InChI is InChI=1S/C27H39NO/c1-2-6-22-12-14-25(15-13-22)26-16-18-27(19-17-26)29-21-24-10-8-23(9-11-24)7-4-3-5-20-28/h3,5,12-15,23-24,26-27H,2,4,6-11,16-19,21H2,1H3. The van der Waals surface area contributed by atoms with E-state index in [9.17, 15) is 0 Å². The Hall–Kier alpha value is -1.59. The predicted molar refractivity (Wildman–Crippen MR) is 121 cm³/mol. The van der Waals surface area contributed by atoms with Crippen LogP contribution in [0.1, 0.15) is 94.6 Å². The molecule has 0 unspecified atom stereocenters. The largest absolute Gasteiger partial charge is 0.378 e. The molecule has 2 aliphatic rings. The Labute approximate surface area is 178 Å². The third kappa shape index (κ3) is 7.31. The summed E-state index contributed by atoms with van der Waals surface area (Å²) in [6.45, 7) is 3.22. The van der Waals surface area contributed by atoms with Gasteiger partial charge in [-0.25, -0.2) is 0 Å². The second-order valence-electron chi connectivity index (χ2n) is 9.29. The summed E-state index contributed by atoms with van der Waals surface area (Å²) >= 11 is 0. The lowest BCUT2D eigenvalue weighted by Crippen LogP contribution is -2.25. The van der Waals surface area contributed by atoms with Crippen LogP contribution in [0.3, 0.4) is 0 Å². The molecule has 0 heterocycles. The summed E-state index contributed by atoms with van der Waals surface area (Å²) in [5.74, 6) is 2.36. The molecule has 1 aromatic rings. The molecule has 2 nitrogen and oxygen atoms in total. The topological polar surface area (TPSA) is 33.0 Å². The average Bonchev–Trinajstić information content (AvgIpc) is 2.77. The van der Waals surface area contributed by atoms with E-state index in [1.165, 1.54) is 81.8 Å². The summed E-state index contributed by atoms with van der Waals surface area (Å²) in [5.41, 5.74) is 3.01. The van der Waals surface area contributed by atoms with Crippen LogP contribution < -0.4 is 0 Å². The van der Waals surface area contributed by atoms with Crippen molar-refractivity contribution in [2.24, 2.45) is 11.8 Å². The van der Waals surface area contributed by atoms with Gasteiger partial charge < -0.3 is 4.74 Å². The first-order valence-corrected chi connectivity index (χ1v) is 12.0. The van der Waals surface area contributed by atoms with Gasteiger partial charge in [-0.2, -0.15) is 5.26 Å². The Morgan fingerprint density at radius 3 is 2.31 bits per heavy atom. The molecule has 2 heteroatoms. The van der Waals surface area contributed by atoms with Crippen molar-refractivity contribution in [2.75, 3.05) is 6.61 Å². The fourth-order valence-corrected chi connectivity index (χ4v) is 5.23. The molecule has 2 fully saturated rings. The van der Waals surface area contributed by atoms with Crippen molar-refractivity contribution >= 4 is 0 Å². The highest BCUT2D eigenvalue weighted by Gasteiger charge is 2.25. The minimum atomic E-state index is 0.486. The van der Waals surface area contributed by atoms with E-state index in [-0.39, 0.29) is 0 Å². The fourth-order valence-electron chi connectivity index (χ4n) is 5.23. The number of allylic oxidation sites excluding steroid dienone is 2. The quantitative estimate of drug-likeness (QED) is 0.411. The molecule has 0 amide bonds. The van der Waals surface area contributed by atoms with Gasteiger partial charge in [-0.3, -0.25) is 0 Å². The maximum Gasteiger partial charge on any atom is 0.0908 e. The van der Waals surface area contributed by atoms with Gasteiger partial charge in [0, 0.05) is 12.7 Å². The predicted octanol–water partition coefficient (Wildman–Crippen LogP) is 7.35. The lowest BCUT2D eigenvalue weighted by Gasteiger charge is -2.32. The molecule has 0 N–H and O–H groups in total. The van der Waals surface area contributed by atoms with Gasteiger partial charge in [-0.05, 0) is 86.7 Å². The van der Waals surface area contributed by atoms with Crippen LogP contribution in [-0.4, -0.2) is 12.7 Å². The van der Waals surface area contributed by atoms with Gasteiger partial charge >= 0.3 is 0 Å². The molecule has 2 aliphatic carbocycles. The van der Waals surface area contributed by atoms with E-state index >= 15 is 0 Å². The van der Waals surface area contributed by atoms with Crippen LogP contribution in [-0.2, 0) is 11.2 Å². The number of hydrogen-bond donors (Lipinski definition) is 0. The van der Waals surface area contributed by atoms with E-state index in [0.717, 1.165) is 30.8 Å². The van der Waals surface area contributed by atoms with E-state index < -0.39 is 0 Å². The molecule has 3 rings (SSSR count). The van der Waals surface area contributed by atoms with Gasteiger partial charge in [0.1, 0.15) is 0 Å². The van der Waals surface area contributed by atoms with Gasteiger partial charge in [-0.15, -0.1) is 0 Å². The summed E-state index contributed by atoms with van der Waals surface area (Å²) in [5, 5.41) is 8.55. The molecular weight excluding hydrogens is 354 g/mol. The number of rotatable bonds is 9. The first-order valence-electron chi connectivity index (χ1n) is 12.0. The second-order valence-corrected chi connectivity index (χ2v) is 9.29. The van der Waals surface area contributed by atoms with Gasteiger partial charge in [0.2, 0.25) is 0 Å². The summed E-state index contributed by atoms with van der Waals surface area (Å²) in [7, 11) is 0. The number of benzene rings is 1. The molecule has 0 atom stereocenters. The van der Waals surface area contributed by atoms with Crippen molar-refractivity contribution in [1.82, 2.24) is 0 Å². The first kappa shape index (κ1) is 22.1. The Bertz CT molecular complexity index is 640. The second kappa shape index (κ2) is 12.2. The van der Waals surface area contributed by atoms with E-state index in [4.69, 9.17) is 10.00 Å². The fraction of sp³-hybridized carbons (Fsp3) is 0.667. The van der Waals surface area contributed by atoms with Crippen molar-refractivity contribution in [3.8, 4) is 6.07 Å². The third-order valence-corrected chi connectivity index (χ3v) is 7.13. The SMILES string of the molecule is CCCc1ccc(C2CCC(OCC3CCC(CCC=CC#N)CC3)CC2)cc1. The molecule has 0 aliphatic heterocycles. The highest BCUT2D eigenvalue weighted by molar-refractivity contribution is 5.26. The third-order valence-electron chi connectivity index (χ3n) is 7.13. The Kier molecular flexibility index (Phi) is 9.29. The van der Waals surface area contributed by atoms with Gasteiger partial charge in [0.05, 0.1) is 12.2 Å². The zero-order valence-corrected chi connectivity index (χ0v) is 18.3. The Balaban J connectivity index is 1.30. The van der Waals surface area contributed by atoms with Crippen molar-refractivity contribution in [2.45, 2.75) is 96.0 Å². The molecular formula is C27H39NO. The number of nitrogens with zero attached hydrogens (tertiary/aromatic N) is 1. The normalized spacial score (nSPS) is 27.7. The Morgan fingerprint density at radius 1 is 0.966 bits per heavy atom. The minimum Gasteiger partial charge on any atom is -0.378 e. The number of ether oxygens (including phenoxy) is 1. The lowest BCUT2D eigenvalue weighted by molar-refractivity contribution is -0.00474. The molecule has 1 aromatic carbocycles. The van der Waals surface area contributed by atoms with Crippen molar-refractivity contribution in [3.05, 3.63) is 47.5 Å². The lowest BCUT2D eigenvalue weighted by atomic mass is 9.80. The summed E-state index contributed by atoms with van der Waals surface area (Å²) in [6, 6.07) is 11.5. The molecule has 0 radical (unpaired) electrons. The van der Waals surface area contributed by atoms with Crippen molar-refractivity contribution in [1.29, 1.82) is 5.26 Å². The molecule has 2 saturated carbocycles. The monoisotopic (exact) mass is 393 g/mol. The number of hydrogen-bond acceptors (Lipinski definition) is 2. The highest BCUT2D eigenvalue weighted by atomic mass is 16.5. The number of aryl methyl sites for hydroxylation is 1. The number of nitriles is 1. The maximum absolute atomic E-state index is 8.55. The zero-order valence-electron chi connectivity index (χ0n) is 18.3. The van der Waals surface area contributed by atoms with Crippen LogP contribution in [0, 0.1) is 23.2 Å². The maximum atomic E-state index is 8.55. The van der Waals surface area contributed by atoms with Crippen LogP contribution in [0.15, 0.2) is 36.4 Å². The van der Waals surface area contributed by atoms with Crippen LogP contribution in [0.25, 0.3) is 0 Å². The molecule has 0 aromatic heterocycles. The van der Waals surface area contributed by atoms with Crippen molar-refractivity contribution in [3.63, 3.8) is 0 Å². The van der Waals surface area contributed by atoms with E-state index in [2.05, 4.69) is 37.3 Å². The van der Waals surface area contributed by atoms with Crippen LogP contribution in [0.4, 0.5) is 0 Å². The van der Waals surface area contributed by atoms with Crippen molar-refractivity contribution < 1.29 is 4.74 Å². The summed E-state index contributed by atoms with van der Waals surface area (Å²) in [4.78, 5) is 0. The van der Waals surface area contributed by atoms with Crippen LogP contribution in [0.5, 0.6) is 0 Å².